The summed E-state index contributed by atoms with van der Waals surface area (Å²) in [6.45, 7) is 6.64. The van der Waals surface area contributed by atoms with E-state index >= 15 is 0 Å². The second-order valence-electron chi connectivity index (χ2n) is 8.09. The molecule has 0 spiro atoms. The van der Waals surface area contributed by atoms with E-state index in [1.165, 1.54) is 9.21 Å². The number of benzene rings is 2. The summed E-state index contributed by atoms with van der Waals surface area (Å²) in [5.41, 5.74) is 0.734. The predicted octanol–water partition coefficient (Wildman–Crippen LogP) is 3.41. The van der Waals surface area contributed by atoms with E-state index in [4.69, 9.17) is 0 Å². The van der Waals surface area contributed by atoms with Crippen LogP contribution in [-0.2, 0) is 15.4 Å². The molecule has 5 nitrogen and oxygen atoms in total. The lowest BCUT2D eigenvalue weighted by atomic mass is 9.87. The van der Waals surface area contributed by atoms with Crippen molar-refractivity contribution in [3.63, 3.8) is 0 Å². The third kappa shape index (κ3) is 4.48. The van der Waals surface area contributed by atoms with Gasteiger partial charge in [-0.2, -0.15) is 4.31 Å². The van der Waals surface area contributed by atoms with Crippen molar-refractivity contribution in [1.29, 1.82) is 0 Å². The van der Waals surface area contributed by atoms with Gasteiger partial charge >= 0.3 is 0 Å². The maximum Gasteiger partial charge on any atom is 0.256 e. The molecule has 1 heterocycles. The van der Waals surface area contributed by atoms with E-state index in [0.717, 1.165) is 17.7 Å². The number of rotatable bonds is 3. The first-order chi connectivity index (χ1) is 13.5. The maximum absolute atomic E-state index is 13.9. The van der Waals surface area contributed by atoms with Crippen LogP contribution < -0.4 is 0 Å². The van der Waals surface area contributed by atoms with Gasteiger partial charge in [-0.05, 0) is 35.2 Å². The van der Waals surface area contributed by atoms with Crippen LogP contribution in [-0.4, -0.2) is 49.7 Å². The number of sulfonamides is 1. The van der Waals surface area contributed by atoms with Crippen molar-refractivity contribution >= 4 is 15.9 Å². The van der Waals surface area contributed by atoms with Crippen LogP contribution in [0.15, 0.2) is 47.4 Å². The first kappa shape index (κ1) is 21.4. The van der Waals surface area contributed by atoms with Gasteiger partial charge in [0.2, 0.25) is 10.0 Å². The fraction of sp³-hybridized carbons (Fsp3) is 0.381. The van der Waals surface area contributed by atoms with Crippen LogP contribution in [0.3, 0.4) is 0 Å². The van der Waals surface area contributed by atoms with Gasteiger partial charge in [0.25, 0.3) is 5.91 Å². The van der Waals surface area contributed by atoms with E-state index in [1.54, 1.807) is 12.1 Å². The lowest BCUT2D eigenvalue weighted by Gasteiger charge is -2.34. The molecule has 0 radical (unpaired) electrons. The van der Waals surface area contributed by atoms with Gasteiger partial charge in [0.05, 0.1) is 10.5 Å². The highest BCUT2D eigenvalue weighted by Gasteiger charge is 2.31. The molecule has 0 unspecified atom stereocenters. The molecule has 0 bridgehead atoms. The normalized spacial score (nSPS) is 16.1. The van der Waals surface area contributed by atoms with Gasteiger partial charge in [0, 0.05) is 32.2 Å². The lowest BCUT2D eigenvalue weighted by Crippen LogP contribution is -2.50. The van der Waals surface area contributed by atoms with Crippen LogP contribution in [0.25, 0.3) is 0 Å². The lowest BCUT2D eigenvalue weighted by molar-refractivity contribution is 0.0693. The molecule has 29 heavy (non-hydrogen) atoms. The largest absolute Gasteiger partial charge is 0.336 e. The Balaban J connectivity index is 1.70. The molecule has 1 aliphatic heterocycles. The first-order valence-corrected chi connectivity index (χ1v) is 10.8. The third-order valence-corrected chi connectivity index (χ3v) is 6.96. The summed E-state index contributed by atoms with van der Waals surface area (Å²) in [4.78, 5) is 14.1. The van der Waals surface area contributed by atoms with E-state index < -0.39 is 27.6 Å². The van der Waals surface area contributed by atoms with E-state index in [-0.39, 0.29) is 42.1 Å². The number of amides is 1. The second-order valence-corrected chi connectivity index (χ2v) is 10.0. The minimum atomic E-state index is -3.68. The van der Waals surface area contributed by atoms with Crippen LogP contribution in [0.4, 0.5) is 8.78 Å². The zero-order chi connectivity index (χ0) is 21.4. The standard InChI is InChI=1S/C21H24F2N2O3S/c1-21(2,3)15-4-7-17(8-5-15)29(27,28)25-12-10-24(11-13-25)20(26)18-9-6-16(22)14-19(18)23/h4-9,14H,10-13H2,1-3H3. The molecule has 0 atom stereocenters. The van der Waals surface area contributed by atoms with Crippen LogP contribution in [0.2, 0.25) is 0 Å². The van der Waals surface area contributed by atoms with Gasteiger partial charge in [0.1, 0.15) is 11.6 Å². The summed E-state index contributed by atoms with van der Waals surface area (Å²) in [6, 6.07) is 9.61. The number of carbonyl (C=O) groups is 1. The number of carbonyl (C=O) groups excluding carboxylic acids is 1. The highest BCUT2D eigenvalue weighted by atomic mass is 32.2. The molecule has 2 aromatic rings. The fourth-order valence-electron chi connectivity index (χ4n) is 3.24. The number of nitrogens with zero attached hydrogens (tertiary/aromatic N) is 2. The van der Waals surface area contributed by atoms with Crippen molar-refractivity contribution in [2.45, 2.75) is 31.1 Å². The van der Waals surface area contributed by atoms with E-state index in [9.17, 15) is 22.0 Å². The molecule has 3 rings (SSSR count). The molecule has 0 aromatic heterocycles. The molecule has 2 aromatic carbocycles. The predicted molar refractivity (Wildman–Crippen MR) is 106 cm³/mol. The van der Waals surface area contributed by atoms with Gasteiger partial charge in [0.15, 0.2) is 0 Å². The maximum atomic E-state index is 13.9. The summed E-state index contributed by atoms with van der Waals surface area (Å²) in [5, 5.41) is 0. The van der Waals surface area contributed by atoms with Crippen LogP contribution in [0.1, 0.15) is 36.7 Å². The molecule has 0 saturated carbocycles. The van der Waals surface area contributed by atoms with Gasteiger partial charge in [-0.1, -0.05) is 32.9 Å². The van der Waals surface area contributed by atoms with Crippen LogP contribution in [0, 0.1) is 11.6 Å². The monoisotopic (exact) mass is 422 g/mol. The Kier molecular flexibility index (Phi) is 5.78. The number of piperazine rings is 1. The number of hydrogen-bond donors (Lipinski definition) is 0. The quantitative estimate of drug-likeness (QED) is 0.762. The van der Waals surface area contributed by atoms with Crippen molar-refractivity contribution in [1.82, 2.24) is 9.21 Å². The van der Waals surface area contributed by atoms with Gasteiger partial charge < -0.3 is 4.90 Å². The Hall–Kier alpha value is -2.32. The van der Waals surface area contributed by atoms with Gasteiger partial charge in [-0.3, -0.25) is 4.79 Å². The second kappa shape index (κ2) is 7.84. The molecule has 8 heteroatoms. The smallest absolute Gasteiger partial charge is 0.256 e. The molecule has 0 aliphatic carbocycles. The van der Waals surface area contributed by atoms with Gasteiger partial charge in [-0.15, -0.1) is 0 Å². The van der Waals surface area contributed by atoms with Crippen LogP contribution in [0.5, 0.6) is 0 Å². The van der Waals surface area contributed by atoms with Crippen molar-refractivity contribution in [3.8, 4) is 0 Å². The molecule has 1 fully saturated rings. The molecule has 1 aliphatic rings. The van der Waals surface area contributed by atoms with Crippen molar-refractivity contribution < 1.29 is 22.0 Å². The fourth-order valence-corrected chi connectivity index (χ4v) is 4.66. The highest BCUT2D eigenvalue weighted by molar-refractivity contribution is 7.89. The van der Waals surface area contributed by atoms with E-state index in [0.29, 0.717) is 6.07 Å². The van der Waals surface area contributed by atoms with Crippen molar-refractivity contribution in [3.05, 3.63) is 65.2 Å². The van der Waals surface area contributed by atoms with Crippen molar-refractivity contribution in [2.24, 2.45) is 0 Å². The van der Waals surface area contributed by atoms with Gasteiger partial charge in [-0.25, -0.2) is 17.2 Å². The van der Waals surface area contributed by atoms with Crippen molar-refractivity contribution in [2.75, 3.05) is 26.2 Å². The Labute approximate surface area is 170 Å². The SMILES string of the molecule is CC(C)(C)c1ccc(S(=O)(=O)N2CCN(C(=O)c3ccc(F)cc3F)CC2)cc1. The first-order valence-electron chi connectivity index (χ1n) is 9.35. The summed E-state index contributed by atoms with van der Waals surface area (Å²) in [6.07, 6.45) is 0. The summed E-state index contributed by atoms with van der Waals surface area (Å²) in [5.74, 6) is -2.26. The average Bonchev–Trinajstić information content (AvgIpc) is 2.67. The summed E-state index contributed by atoms with van der Waals surface area (Å²) in [7, 11) is -3.68. The molecular weight excluding hydrogens is 398 g/mol. The highest BCUT2D eigenvalue weighted by Crippen LogP contribution is 2.25. The Morgan fingerprint density at radius 2 is 1.52 bits per heavy atom. The molecule has 0 N–H and O–H groups in total. The minimum Gasteiger partial charge on any atom is -0.336 e. The van der Waals surface area contributed by atoms with E-state index in [2.05, 4.69) is 20.8 Å². The molecule has 1 amide bonds. The Bertz CT molecular complexity index is 1010. The third-order valence-electron chi connectivity index (χ3n) is 5.05. The molecule has 156 valence electrons. The zero-order valence-electron chi connectivity index (χ0n) is 16.7. The Morgan fingerprint density at radius 3 is 2.03 bits per heavy atom. The summed E-state index contributed by atoms with van der Waals surface area (Å²) < 4.78 is 54.1. The Morgan fingerprint density at radius 1 is 0.931 bits per heavy atom. The number of halogens is 2. The average molecular weight is 422 g/mol. The topological polar surface area (TPSA) is 57.7 Å². The molecule has 1 saturated heterocycles. The number of hydrogen-bond acceptors (Lipinski definition) is 3. The van der Waals surface area contributed by atoms with Crippen LogP contribution >= 0.6 is 0 Å². The molecular formula is C21H24F2N2O3S. The van der Waals surface area contributed by atoms with E-state index in [1.807, 2.05) is 12.1 Å². The zero-order valence-corrected chi connectivity index (χ0v) is 17.5. The summed E-state index contributed by atoms with van der Waals surface area (Å²) >= 11 is 0. The minimum absolute atomic E-state index is 0.0795.